The standard InChI is InChI=1S/C21H25N3O3/c1-4-8-16-21(14-9-6-7-10-15(14)23-20(21)26)11-12-24(16)19(25)18-13(3)22-17(5-2)27-18/h6-7,9-10,16H,4-5,8,11-12H2,1-3H3,(H,23,26)/t16-,21-/m0/s1. The van der Waals surface area contributed by atoms with Crippen molar-refractivity contribution in [3.63, 3.8) is 0 Å². The molecule has 1 N–H and O–H groups in total. The Morgan fingerprint density at radius 1 is 1.37 bits per heavy atom. The highest BCUT2D eigenvalue weighted by atomic mass is 16.4. The van der Waals surface area contributed by atoms with Gasteiger partial charge in [0, 0.05) is 18.7 Å². The summed E-state index contributed by atoms with van der Waals surface area (Å²) in [5, 5.41) is 3.03. The summed E-state index contributed by atoms with van der Waals surface area (Å²) in [6.45, 7) is 6.37. The van der Waals surface area contributed by atoms with Crippen LogP contribution in [0.25, 0.3) is 0 Å². The third-order valence-corrected chi connectivity index (χ3v) is 5.91. The molecule has 2 aromatic rings. The molecule has 1 aromatic carbocycles. The first kappa shape index (κ1) is 17.8. The Kier molecular flexibility index (Phi) is 4.29. The Bertz CT molecular complexity index is 904. The lowest BCUT2D eigenvalue weighted by Crippen LogP contribution is -2.48. The topological polar surface area (TPSA) is 75.4 Å². The van der Waals surface area contributed by atoms with Gasteiger partial charge < -0.3 is 14.6 Å². The minimum absolute atomic E-state index is 0.000916. The van der Waals surface area contributed by atoms with Gasteiger partial charge >= 0.3 is 0 Å². The number of hydrogen-bond donors (Lipinski definition) is 1. The van der Waals surface area contributed by atoms with Crippen LogP contribution in [0.5, 0.6) is 0 Å². The molecule has 4 rings (SSSR count). The maximum Gasteiger partial charge on any atom is 0.291 e. The van der Waals surface area contributed by atoms with Gasteiger partial charge in [0.25, 0.3) is 5.91 Å². The number of likely N-dealkylation sites (tertiary alicyclic amines) is 1. The van der Waals surface area contributed by atoms with E-state index in [1.165, 1.54) is 0 Å². The van der Waals surface area contributed by atoms with Gasteiger partial charge in [0.05, 0.1) is 17.2 Å². The van der Waals surface area contributed by atoms with Gasteiger partial charge in [-0.25, -0.2) is 4.98 Å². The molecule has 142 valence electrons. The van der Waals surface area contributed by atoms with Crippen molar-refractivity contribution in [1.82, 2.24) is 9.88 Å². The number of aromatic nitrogens is 1. The van der Waals surface area contributed by atoms with Gasteiger partial charge in [-0.05, 0) is 31.4 Å². The van der Waals surface area contributed by atoms with Crippen LogP contribution in [0.2, 0.25) is 0 Å². The summed E-state index contributed by atoms with van der Waals surface area (Å²) in [4.78, 5) is 32.5. The van der Waals surface area contributed by atoms with E-state index in [0.29, 0.717) is 36.7 Å². The normalized spacial score (nSPS) is 23.7. The average Bonchev–Trinajstić information content (AvgIpc) is 3.31. The van der Waals surface area contributed by atoms with Gasteiger partial charge in [-0.2, -0.15) is 0 Å². The zero-order chi connectivity index (χ0) is 19.2. The molecule has 2 aliphatic rings. The maximum absolute atomic E-state index is 13.3. The smallest absolute Gasteiger partial charge is 0.291 e. The summed E-state index contributed by atoms with van der Waals surface area (Å²) < 4.78 is 5.71. The van der Waals surface area contributed by atoms with Gasteiger partial charge in [0.2, 0.25) is 11.7 Å². The van der Waals surface area contributed by atoms with Crippen LogP contribution in [0.1, 0.15) is 60.8 Å². The van der Waals surface area contributed by atoms with Crippen LogP contribution in [0.3, 0.4) is 0 Å². The number of hydrogen-bond acceptors (Lipinski definition) is 4. The van der Waals surface area contributed by atoms with Crippen LogP contribution in [-0.2, 0) is 16.6 Å². The summed E-state index contributed by atoms with van der Waals surface area (Å²) >= 11 is 0. The van der Waals surface area contributed by atoms with Crippen LogP contribution in [-0.4, -0.2) is 34.3 Å². The molecular weight excluding hydrogens is 342 g/mol. The molecule has 2 aliphatic heterocycles. The van der Waals surface area contributed by atoms with Crippen molar-refractivity contribution >= 4 is 17.5 Å². The SMILES string of the molecule is CCC[C@@H]1N(C(=O)c2oc(CC)nc2C)CC[C@@]12C(=O)Nc1ccccc12. The number of nitrogens with one attached hydrogen (secondary N) is 1. The molecule has 2 amide bonds. The van der Waals surface area contributed by atoms with Crippen LogP contribution in [0, 0.1) is 6.92 Å². The number of fused-ring (bicyclic) bond motifs is 2. The molecule has 6 heteroatoms. The Morgan fingerprint density at radius 2 is 2.15 bits per heavy atom. The number of carbonyl (C=O) groups is 2. The number of aryl methyl sites for hydroxylation is 2. The number of nitrogens with zero attached hydrogens (tertiary/aromatic N) is 2. The molecule has 1 aromatic heterocycles. The van der Waals surface area contributed by atoms with Gasteiger partial charge in [-0.1, -0.05) is 38.5 Å². The van der Waals surface area contributed by atoms with Crippen LogP contribution in [0.4, 0.5) is 5.69 Å². The zero-order valence-corrected chi connectivity index (χ0v) is 16.0. The van der Waals surface area contributed by atoms with Crippen LogP contribution < -0.4 is 5.32 Å². The van der Waals surface area contributed by atoms with E-state index < -0.39 is 5.41 Å². The summed E-state index contributed by atoms with van der Waals surface area (Å²) in [6.07, 6.45) is 2.93. The summed E-state index contributed by atoms with van der Waals surface area (Å²) in [5.74, 6) is 0.714. The van der Waals surface area contributed by atoms with E-state index in [1.54, 1.807) is 6.92 Å². The number of anilines is 1. The third kappa shape index (κ3) is 2.50. The van der Waals surface area contributed by atoms with Crippen LogP contribution in [0.15, 0.2) is 28.7 Å². The van der Waals surface area contributed by atoms with E-state index in [0.717, 1.165) is 24.1 Å². The number of amides is 2. The lowest BCUT2D eigenvalue weighted by atomic mass is 9.73. The van der Waals surface area contributed by atoms with Crippen molar-refractivity contribution < 1.29 is 14.0 Å². The molecule has 0 saturated carbocycles. The lowest BCUT2D eigenvalue weighted by Gasteiger charge is -2.33. The van der Waals surface area contributed by atoms with E-state index in [4.69, 9.17) is 4.42 Å². The number of rotatable bonds is 4. The van der Waals surface area contributed by atoms with Crippen molar-refractivity contribution in [2.24, 2.45) is 0 Å². The minimum atomic E-state index is -0.677. The van der Waals surface area contributed by atoms with Crippen molar-refractivity contribution in [2.75, 3.05) is 11.9 Å². The first-order valence-corrected chi connectivity index (χ1v) is 9.71. The minimum Gasteiger partial charge on any atom is -0.435 e. The predicted molar refractivity (Wildman–Crippen MR) is 102 cm³/mol. The number of para-hydroxylation sites is 1. The maximum atomic E-state index is 13.3. The largest absolute Gasteiger partial charge is 0.435 e. The number of benzene rings is 1. The molecule has 0 bridgehead atoms. The predicted octanol–water partition coefficient (Wildman–Crippen LogP) is 3.45. The fraction of sp³-hybridized carbons (Fsp3) is 0.476. The molecule has 1 fully saturated rings. The fourth-order valence-electron chi connectivity index (χ4n) is 4.65. The van der Waals surface area contributed by atoms with Crippen molar-refractivity contribution in [2.45, 2.75) is 57.9 Å². The Labute approximate surface area is 159 Å². The Morgan fingerprint density at radius 3 is 2.85 bits per heavy atom. The Hall–Kier alpha value is -2.63. The van der Waals surface area contributed by atoms with Crippen molar-refractivity contribution in [1.29, 1.82) is 0 Å². The lowest BCUT2D eigenvalue weighted by molar-refractivity contribution is -0.121. The quantitative estimate of drug-likeness (QED) is 0.898. The first-order valence-electron chi connectivity index (χ1n) is 9.71. The summed E-state index contributed by atoms with van der Waals surface area (Å²) in [6, 6.07) is 7.65. The monoisotopic (exact) mass is 367 g/mol. The second-order valence-corrected chi connectivity index (χ2v) is 7.40. The molecule has 27 heavy (non-hydrogen) atoms. The van der Waals surface area contributed by atoms with Crippen molar-refractivity contribution in [3.8, 4) is 0 Å². The second-order valence-electron chi connectivity index (χ2n) is 7.40. The molecule has 2 atom stereocenters. The Balaban J connectivity index is 1.75. The molecule has 3 heterocycles. The molecule has 0 unspecified atom stereocenters. The molecule has 1 spiro atoms. The first-order chi connectivity index (χ1) is 13.0. The summed E-state index contributed by atoms with van der Waals surface area (Å²) in [5.41, 5.74) is 1.81. The average molecular weight is 367 g/mol. The van der Waals surface area contributed by atoms with Gasteiger partial charge in [0.1, 0.15) is 0 Å². The highest BCUT2D eigenvalue weighted by Gasteiger charge is 2.58. The highest BCUT2D eigenvalue weighted by molar-refractivity contribution is 6.08. The van der Waals surface area contributed by atoms with Gasteiger partial charge in [-0.3, -0.25) is 9.59 Å². The molecule has 1 saturated heterocycles. The molecule has 0 aliphatic carbocycles. The van der Waals surface area contributed by atoms with Gasteiger partial charge in [0.15, 0.2) is 5.89 Å². The fourth-order valence-corrected chi connectivity index (χ4v) is 4.65. The highest BCUT2D eigenvalue weighted by Crippen LogP contribution is 2.49. The van der Waals surface area contributed by atoms with Crippen molar-refractivity contribution in [3.05, 3.63) is 47.2 Å². The zero-order valence-electron chi connectivity index (χ0n) is 16.0. The molecular formula is C21H25N3O3. The van der Waals surface area contributed by atoms with Gasteiger partial charge in [-0.15, -0.1) is 0 Å². The molecule has 0 radical (unpaired) electrons. The van der Waals surface area contributed by atoms with E-state index >= 15 is 0 Å². The van der Waals surface area contributed by atoms with Crippen LogP contribution >= 0.6 is 0 Å². The van der Waals surface area contributed by atoms with E-state index in [1.807, 2.05) is 36.1 Å². The summed E-state index contributed by atoms with van der Waals surface area (Å²) in [7, 11) is 0. The second kappa shape index (κ2) is 6.51. The number of carbonyl (C=O) groups excluding carboxylic acids is 2. The molecule has 6 nitrogen and oxygen atoms in total. The van der Waals surface area contributed by atoms with E-state index in [9.17, 15) is 9.59 Å². The van der Waals surface area contributed by atoms with E-state index in [-0.39, 0.29) is 17.9 Å². The van der Waals surface area contributed by atoms with E-state index in [2.05, 4.69) is 17.2 Å². The number of oxazole rings is 1. The third-order valence-electron chi connectivity index (χ3n) is 5.91.